The van der Waals surface area contributed by atoms with Crippen LogP contribution in [-0.4, -0.2) is 9.97 Å². The van der Waals surface area contributed by atoms with Crippen molar-refractivity contribution in [2.45, 2.75) is 33.2 Å². The highest BCUT2D eigenvalue weighted by atomic mass is 16.3. The van der Waals surface area contributed by atoms with Crippen LogP contribution in [0.1, 0.15) is 37.1 Å². The number of hydrogen-bond acceptors (Lipinski definition) is 4. The van der Waals surface area contributed by atoms with E-state index < -0.39 is 0 Å². The average Bonchev–Trinajstić information content (AvgIpc) is 2.76. The van der Waals surface area contributed by atoms with E-state index in [2.05, 4.69) is 22.2 Å². The second-order valence-electron chi connectivity index (χ2n) is 4.06. The Morgan fingerprint density at radius 2 is 2.18 bits per heavy atom. The Balaban J connectivity index is 2.09. The van der Waals surface area contributed by atoms with E-state index in [0.29, 0.717) is 0 Å². The molecule has 1 unspecified atom stereocenters. The van der Waals surface area contributed by atoms with Crippen LogP contribution in [0, 0.1) is 6.92 Å². The van der Waals surface area contributed by atoms with E-state index >= 15 is 0 Å². The average molecular weight is 231 g/mol. The van der Waals surface area contributed by atoms with Gasteiger partial charge in [0, 0.05) is 11.8 Å². The van der Waals surface area contributed by atoms with Crippen LogP contribution >= 0.6 is 0 Å². The molecule has 0 aliphatic rings. The van der Waals surface area contributed by atoms with Crippen LogP contribution in [0.4, 0.5) is 5.82 Å². The van der Waals surface area contributed by atoms with Crippen molar-refractivity contribution in [3.63, 3.8) is 0 Å². The van der Waals surface area contributed by atoms with E-state index in [1.807, 2.05) is 32.0 Å². The smallest absolute Gasteiger partial charge is 0.130 e. The summed E-state index contributed by atoms with van der Waals surface area (Å²) in [5.41, 5.74) is 1.03. The molecule has 2 heterocycles. The maximum absolute atomic E-state index is 5.57. The molecule has 0 bridgehead atoms. The first kappa shape index (κ1) is 11.6. The molecule has 0 fully saturated rings. The van der Waals surface area contributed by atoms with Gasteiger partial charge in [-0.2, -0.15) is 0 Å². The van der Waals surface area contributed by atoms with Gasteiger partial charge in [0.1, 0.15) is 23.7 Å². The second kappa shape index (κ2) is 4.99. The molecule has 1 N–H and O–H groups in total. The molecule has 0 saturated carbocycles. The highest BCUT2D eigenvalue weighted by molar-refractivity contribution is 5.37. The summed E-state index contributed by atoms with van der Waals surface area (Å²) in [5.74, 6) is 2.67. The standard InChI is InChI=1S/C13H17N3O/c1-4-11-7-13(15-8-14-11)16-10(3)12-6-5-9(2)17-12/h5-8,10H,4H2,1-3H3,(H,14,15,16). The van der Waals surface area contributed by atoms with Crippen molar-refractivity contribution < 1.29 is 4.42 Å². The predicted octanol–water partition coefficient (Wildman–Crippen LogP) is 3.11. The Kier molecular flexibility index (Phi) is 3.42. The molecule has 0 spiro atoms. The van der Waals surface area contributed by atoms with Gasteiger partial charge in [0.15, 0.2) is 0 Å². The molecular formula is C13H17N3O. The largest absolute Gasteiger partial charge is 0.464 e. The topological polar surface area (TPSA) is 51.0 Å². The fourth-order valence-corrected chi connectivity index (χ4v) is 1.65. The van der Waals surface area contributed by atoms with Gasteiger partial charge in [-0.1, -0.05) is 6.92 Å². The van der Waals surface area contributed by atoms with Gasteiger partial charge in [-0.15, -0.1) is 0 Å². The Bertz CT molecular complexity index is 493. The van der Waals surface area contributed by atoms with Crippen LogP contribution in [0.15, 0.2) is 28.9 Å². The Labute approximate surface area is 101 Å². The summed E-state index contributed by atoms with van der Waals surface area (Å²) >= 11 is 0. The van der Waals surface area contributed by atoms with Crippen molar-refractivity contribution >= 4 is 5.82 Å². The zero-order valence-electron chi connectivity index (χ0n) is 10.4. The second-order valence-corrected chi connectivity index (χ2v) is 4.06. The van der Waals surface area contributed by atoms with Crippen molar-refractivity contribution in [2.75, 3.05) is 5.32 Å². The van der Waals surface area contributed by atoms with E-state index in [9.17, 15) is 0 Å². The fraction of sp³-hybridized carbons (Fsp3) is 0.385. The minimum Gasteiger partial charge on any atom is -0.464 e. The van der Waals surface area contributed by atoms with Gasteiger partial charge in [0.05, 0.1) is 6.04 Å². The van der Waals surface area contributed by atoms with Gasteiger partial charge < -0.3 is 9.73 Å². The van der Waals surface area contributed by atoms with E-state index in [-0.39, 0.29) is 6.04 Å². The zero-order chi connectivity index (χ0) is 12.3. The minimum atomic E-state index is 0.100. The molecule has 4 nitrogen and oxygen atoms in total. The molecule has 4 heteroatoms. The predicted molar refractivity (Wildman–Crippen MR) is 66.9 cm³/mol. The molecule has 0 aromatic carbocycles. The number of aryl methyl sites for hydroxylation is 2. The lowest BCUT2D eigenvalue weighted by Gasteiger charge is -2.12. The third-order valence-corrected chi connectivity index (χ3v) is 2.64. The summed E-state index contributed by atoms with van der Waals surface area (Å²) in [6, 6.07) is 6.01. The van der Waals surface area contributed by atoms with Crippen molar-refractivity contribution in [3.8, 4) is 0 Å². The van der Waals surface area contributed by atoms with Gasteiger partial charge in [0.2, 0.25) is 0 Å². The third kappa shape index (κ3) is 2.84. The van der Waals surface area contributed by atoms with E-state index in [0.717, 1.165) is 29.5 Å². The van der Waals surface area contributed by atoms with Crippen LogP contribution < -0.4 is 5.32 Å². The molecule has 2 rings (SSSR count). The quantitative estimate of drug-likeness (QED) is 0.878. The van der Waals surface area contributed by atoms with Crippen LogP contribution in [-0.2, 0) is 6.42 Å². The SMILES string of the molecule is CCc1cc(NC(C)c2ccc(C)o2)ncn1. The highest BCUT2D eigenvalue weighted by Gasteiger charge is 2.09. The number of nitrogens with one attached hydrogen (secondary N) is 1. The number of nitrogens with zero attached hydrogens (tertiary/aromatic N) is 2. The van der Waals surface area contributed by atoms with Crippen LogP contribution in [0.5, 0.6) is 0 Å². The number of aromatic nitrogens is 2. The number of rotatable bonds is 4. The van der Waals surface area contributed by atoms with Crippen LogP contribution in [0.2, 0.25) is 0 Å². The molecule has 2 aromatic heterocycles. The summed E-state index contributed by atoms with van der Waals surface area (Å²) in [6.45, 7) is 6.06. The summed E-state index contributed by atoms with van der Waals surface area (Å²) in [5, 5.41) is 3.30. The lowest BCUT2D eigenvalue weighted by molar-refractivity contribution is 0.466. The molecule has 0 saturated heterocycles. The zero-order valence-corrected chi connectivity index (χ0v) is 10.4. The van der Waals surface area contributed by atoms with E-state index in [4.69, 9.17) is 4.42 Å². The highest BCUT2D eigenvalue weighted by Crippen LogP contribution is 2.19. The first-order valence-electron chi connectivity index (χ1n) is 5.83. The molecule has 90 valence electrons. The number of anilines is 1. The fourth-order valence-electron chi connectivity index (χ4n) is 1.65. The van der Waals surface area contributed by atoms with Gasteiger partial charge in [-0.05, 0) is 32.4 Å². The molecule has 0 amide bonds. The lowest BCUT2D eigenvalue weighted by atomic mass is 10.2. The lowest BCUT2D eigenvalue weighted by Crippen LogP contribution is -2.07. The molecule has 2 aromatic rings. The summed E-state index contributed by atoms with van der Waals surface area (Å²) in [6.07, 6.45) is 2.49. The van der Waals surface area contributed by atoms with Crippen molar-refractivity contribution in [1.29, 1.82) is 0 Å². The molecule has 0 radical (unpaired) electrons. The maximum Gasteiger partial charge on any atom is 0.130 e. The molecule has 17 heavy (non-hydrogen) atoms. The van der Waals surface area contributed by atoms with Crippen LogP contribution in [0.25, 0.3) is 0 Å². The van der Waals surface area contributed by atoms with Crippen molar-refractivity contribution in [3.05, 3.63) is 41.7 Å². The maximum atomic E-state index is 5.57. The minimum absolute atomic E-state index is 0.100. The van der Waals surface area contributed by atoms with Crippen LogP contribution in [0.3, 0.4) is 0 Å². The van der Waals surface area contributed by atoms with Gasteiger partial charge in [0.25, 0.3) is 0 Å². The molecule has 0 aliphatic carbocycles. The first-order valence-corrected chi connectivity index (χ1v) is 5.83. The van der Waals surface area contributed by atoms with E-state index in [1.54, 1.807) is 6.33 Å². The van der Waals surface area contributed by atoms with Gasteiger partial charge in [-0.25, -0.2) is 9.97 Å². The normalized spacial score (nSPS) is 12.4. The molecular weight excluding hydrogens is 214 g/mol. The Hall–Kier alpha value is -1.84. The Morgan fingerprint density at radius 1 is 1.35 bits per heavy atom. The number of hydrogen-bond donors (Lipinski definition) is 1. The van der Waals surface area contributed by atoms with Crippen molar-refractivity contribution in [2.24, 2.45) is 0 Å². The summed E-state index contributed by atoms with van der Waals surface area (Å²) in [7, 11) is 0. The molecule has 0 aliphatic heterocycles. The first-order chi connectivity index (χ1) is 8.19. The van der Waals surface area contributed by atoms with Crippen molar-refractivity contribution in [1.82, 2.24) is 9.97 Å². The van der Waals surface area contributed by atoms with E-state index in [1.165, 1.54) is 0 Å². The monoisotopic (exact) mass is 231 g/mol. The summed E-state index contributed by atoms with van der Waals surface area (Å²) < 4.78 is 5.57. The summed E-state index contributed by atoms with van der Waals surface area (Å²) in [4.78, 5) is 8.36. The van der Waals surface area contributed by atoms with Gasteiger partial charge >= 0.3 is 0 Å². The Morgan fingerprint density at radius 3 is 2.82 bits per heavy atom. The third-order valence-electron chi connectivity index (χ3n) is 2.64. The molecule has 1 atom stereocenters. The van der Waals surface area contributed by atoms with Gasteiger partial charge in [-0.3, -0.25) is 0 Å². The number of furan rings is 1.